The summed E-state index contributed by atoms with van der Waals surface area (Å²) >= 11 is 0. The minimum Gasteiger partial charge on any atom is -0.206 e. The van der Waals surface area contributed by atoms with Crippen LogP contribution in [0.15, 0.2) is 16.7 Å². The van der Waals surface area contributed by atoms with Gasteiger partial charge >= 0.3 is 0 Å². The van der Waals surface area contributed by atoms with Crippen molar-refractivity contribution in [2.75, 3.05) is 0 Å². The van der Waals surface area contributed by atoms with Crippen molar-refractivity contribution >= 4 is 16.7 Å². The smallest absolute Gasteiger partial charge is 0.177 e. The molecule has 0 aromatic heterocycles. The van der Waals surface area contributed by atoms with E-state index in [2.05, 4.69) is 0 Å². The number of hydrogen-bond acceptors (Lipinski definition) is 2. The van der Waals surface area contributed by atoms with Gasteiger partial charge in [0.05, 0.1) is 27.8 Å². The molecule has 4 rings (SSSR count). The monoisotopic (exact) mass is 616 g/mol. The Hall–Kier alpha value is -4.77. The third-order valence-electron chi connectivity index (χ3n) is 8.17. The van der Waals surface area contributed by atoms with Gasteiger partial charge in [-0.05, 0) is 93.0 Å². The van der Waals surface area contributed by atoms with Crippen molar-refractivity contribution in [1.82, 2.24) is 0 Å². The maximum absolute atomic E-state index is 15.4. The summed E-state index contributed by atoms with van der Waals surface area (Å²) in [7, 11) is 0. The summed E-state index contributed by atoms with van der Waals surface area (Å²) in [5.74, 6) is -13.8. The molecule has 0 atom stereocenters. The molecular weight excluding hydrogens is 595 g/mol. The average Bonchev–Trinajstić information content (AvgIpc) is 3.73. The Bertz CT molecular complexity index is 1950. The topological polar surface area (TPSA) is 47.6 Å². The van der Waals surface area contributed by atoms with Crippen LogP contribution in [0, 0.1) is 110 Å². The normalized spacial score (nSPS) is 16.0. The zero-order valence-electron chi connectivity index (χ0n) is 24.3. The van der Waals surface area contributed by atoms with Crippen LogP contribution in [0.3, 0.4) is 0 Å². The van der Waals surface area contributed by atoms with E-state index in [4.69, 9.17) is 5.26 Å². The van der Waals surface area contributed by atoms with Crippen LogP contribution in [0.4, 0.5) is 39.5 Å². The van der Waals surface area contributed by atoms with Gasteiger partial charge in [-0.15, -0.1) is 0 Å². The molecule has 0 aliphatic heterocycles. The highest BCUT2D eigenvalue weighted by molar-refractivity contribution is 6.08. The van der Waals surface area contributed by atoms with Crippen LogP contribution < -0.4 is 0 Å². The average molecular weight is 617 g/mol. The zero-order chi connectivity index (χ0) is 33.3. The lowest BCUT2D eigenvalue weighted by molar-refractivity contribution is 0.482. The molecule has 1 saturated carbocycles. The molecule has 1 aliphatic carbocycles. The van der Waals surface area contributed by atoms with Gasteiger partial charge in [0.15, 0.2) is 34.9 Å². The van der Waals surface area contributed by atoms with E-state index in [1.165, 1.54) is 12.1 Å². The second-order valence-corrected chi connectivity index (χ2v) is 10.4. The lowest BCUT2D eigenvalue weighted by Crippen LogP contribution is -2.05. The van der Waals surface area contributed by atoms with E-state index < -0.39 is 108 Å². The van der Waals surface area contributed by atoms with Crippen molar-refractivity contribution in [2.45, 2.75) is 48.5 Å². The summed E-state index contributed by atoms with van der Waals surface area (Å²) in [4.78, 5) is 0. The number of nitriles is 2. The molecule has 0 heterocycles. The molecule has 0 bridgehead atoms. The van der Waals surface area contributed by atoms with Crippen molar-refractivity contribution in [3.63, 3.8) is 0 Å². The molecular formula is C33H21F9N2. The Kier molecular flexibility index (Phi) is 8.08. The largest absolute Gasteiger partial charge is 0.206 e. The zero-order valence-corrected chi connectivity index (χ0v) is 24.3. The van der Waals surface area contributed by atoms with Crippen LogP contribution in [0.25, 0.3) is 16.7 Å². The van der Waals surface area contributed by atoms with E-state index in [1.54, 1.807) is 0 Å². The van der Waals surface area contributed by atoms with E-state index in [-0.39, 0.29) is 27.8 Å². The first-order valence-electron chi connectivity index (χ1n) is 12.9. The lowest BCUT2D eigenvalue weighted by Gasteiger charge is -2.12. The maximum atomic E-state index is 15.4. The van der Waals surface area contributed by atoms with E-state index in [0.717, 1.165) is 48.5 Å². The number of allylic oxidation sites excluding steroid dienone is 6. The predicted octanol–water partition coefficient (Wildman–Crippen LogP) is 9.59. The molecule has 1 fully saturated rings. The Morgan fingerprint density at radius 2 is 0.773 bits per heavy atom. The molecule has 0 spiro atoms. The molecule has 0 radical (unpaired) electrons. The van der Waals surface area contributed by atoms with Gasteiger partial charge in [-0.2, -0.15) is 10.5 Å². The van der Waals surface area contributed by atoms with Crippen molar-refractivity contribution in [3.05, 3.63) is 119 Å². The molecule has 1 aliphatic rings. The molecule has 3 aromatic rings. The molecule has 0 N–H and O–H groups in total. The first-order chi connectivity index (χ1) is 20.5. The first-order valence-corrected chi connectivity index (χ1v) is 12.9. The maximum Gasteiger partial charge on any atom is 0.177 e. The van der Waals surface area contributed by atoms with Gasteiger partial charge in [-0.1, -0.05) is 0 Å². The number of hydrogen-bond donors (Lipinski definition) is 0. The summed E-state index contributed by atoms with van der Waals surface area (Å²) in [6.07, 6.45) is 0. The predicted molar refractivity (Wildman–Crippen MR) is 145 cm³/mol. The van der Waals surface area contributed by atoms with Gasteiger partial charge in [-0.25, -0.2) is 39.5 Å². The summed E-state index contributed by atoms with van der Waals surface area (Å²) < 4.78 is 136. The fraction of sp³-hybridized carbons (Fsp3) is 0.212. The molecule has 0 unspecified atom stereocenters. The molecule has 226 valence electrons. The van der Waals surface area contributed by atoms with Crippen LogP contribution in [0.1, 0.15) is 63.9 Å². The Balaban J connectivity index is 2.27. The standard InChI is InChI=1S/C33H21F9N2/c1-10-12(3)28(37)31(40)21(25(10)34)15(6)19-20(16(7)22-27(36)14(5)17(8-43)30(39)32(22)41)23(19)18(9-44)24-26(35)11(2)13(4)29(38)33(24)42/h1-7H3. The molecule has 0 amide bonds. The van der Waals surface area contributed by atoms with Crippen LogP contribution in [-0.4, -0.2) is 0 Å². The van der Waals surface area contributed by atoms with Crippen LogP contribution in [0.5, 0.6) is 0 Å². The van der Waals surface area contributed by atoms with Crippen molar-refractivity contribution in [3.8, 4) is 12.1 Å². The summed E-state index contributed by atoms with van der Waals surface area (Å²) in [6, 6.07) is 2.89. The van der Waals surface area contributed by atoms with Crippen molar-refractivity contribution in [1.29, 1.82) is 10.5 Å². The van der Waals surface area contributed by atoms with E-state index in [0.29, 0.717) is 0 Å². The minimum absolute atomic E-state index is 0.289. The van der Waals surface area contributed by atoms with Crippen LogP contribution in [0.2, 0.25) is 0 Å². The Morgan fingerprint density at radius 3 is 1.18 bits per heavy atom. The second kappa shape index (κ2) is 11.1. The fourth-order valence-electron chi connectivity index (χ4n) is 5.24. The van der Waals surface area contributed by atoms with Crippen molar-refractivity contribution in [2.24, 2.45) is 0 Å². The number of rotatable bonds is 3. The summed E-state index contributed by atoms with van der Waals surface area (Å²) in [5.41, 5.74) is -9.10. The molecule has 2 nitrogen and oxygen atoms in total. The third kappa shape index (κ3) is 4.41. The highest BCUT2D eigenvalue weighted by atomic mass is 19.2. The summed E-state index contributed by atoms with van der Waals surface area (Å²) in [5, 5.41) is 19.2. The van der Waals surface area contributed by atoms with Gasteiger partial charge in [0.1, 0.15) is 29.6 Å². The minimum atomic E-state index is -1.82. The van der Waals surface area contributed by atoms with Gasteiger partial charge in [0, 0.05) is 11.1 Å². The fourth-order valence-corrected chi connectivity index (χ4v) is 5.24. The number of benzene rings is 3. The molecule has 3 aromatic carbocycles. The Morgan fingerprint density at radius 1 is 0.432 bits per heavy atom. The molecule has 44 heavy (non-hydrogen) atoms. The van der Waals surface area contributed by atoms with Crippen molar-refractivity contribution < 1.29 is 39.5 Å². The number of halogens is 9. The Labute approximate surface area is 246 Å². The van der Waals surface area contributed by atoms with E-state index in [1.807, 2.05) is 0 Å². The molecule has 11 heteroatoms. The van der Waals surface area contributed by atoms with Gasteiger partial charge in [0.2, 0.25) is 0 Å². The summed E-state index contributed by atoms with van der Waals surface area (Å²) in [6.45, 7) is 7.61. The third-order valence-corrected chi connectivity index (χ3v) is 8.17. The molecule has 0 saturated heterocycles. The quantitative estimate of drug-likeness (QED) is 0.167. The highest BCUT2D eigenvalue weighted by Crippen LogP contribution is 2.57. The van der Waals surface area contributed by atoms with E-state index in [9.17, 15) is 18.4 Å². The number of nitrogens with zero attached hydrogens (tertiary/aromatic N) is 2. The van der Waals surface area contributed by atoms with Gasteiger partial charge < -0.3 is 0 Å². The highest BCUT2D eigenvalue weighted by Gasteiger charge is 2.43. The lowest BCUT2D eigenvalue weighted by atomic mass is 9.96. The first kappa shape index (κ1) is 32.2. The van der Waals surface area contributed by atoms with Crippen LogP contribution in [-0.2, 0) is 0 Å². The van der Waals surface area contributed by atoms with Crippen LogP contribution >= 0.6 is 0 Å². The van der Waals surface area contributed by atoms with Gasteiger partial charge in [-0.3, -0.25) is 0 Å². The SMILES string of the molecule is CC(=C1C(=C(C#N)c2c(F)c(C)c(C)c(F)c2F)C1=C(C)c1c(F)c(C)c(C#N)c(F)c1F)c1c(F)c(C)c(C)c(F)c1F. The second-order valence-electron chi connectivity index (χ2n) is 10.4. The van der Waals surface area contributed by atoms with Gasteiger partial charge in [0.25, 0.3) is 0 Å². The van der Waals surface area contributed by atoms with E-state index >= 15 is 26.3 Å².